The summed E-state index contributed by atoms with van der Waals surface area (Å²) in [5.74, 6) is -0.138. The van der Waals surface area contributed by atoms with Gasteiger partial charge in [-0.25, -0.2) is 0 Å². The highest BCUT2D eigenvalue weighted by Crippen LogP contribution is 2.15. The lowest BCUT2D eigenvalue weighted by Crippen LogP contribution is -2.36. The monoisotopic (exact) mass is 216 g/mol. The van der Waals surface area contributed by atoms with Crippen molar-refractivity contribution in [2.45, 2.75) is 71.7 Å². The van der Waals surface area contributed by atoms with E-state index in [2.05, 4.69) is 0 Å². The quantitative estimate of drug-likeness (QED) is 0.710. The number of rotatable bonds is 7. The van der Waals surface area contributed by atoms with Gasteiger partial charge in [-0.3, -0.25) is 4.79 Å². The van der Waals surface area contributed by atoms with Crippen molar-refractivity contribution in [3.05, 3.63) is 0 Å². The summed E-state index contributed by atoms with van der Waals surface area (Å²) >= 11 is 0. The van der Waals surface area contributed by atoms with Crippen molar-refractivity contribution in [2.24, 2.45) is 0 Å². The Morgan fingerprint density at radius 3 is 2.27 bits per heavy atom. The molecule has 90 valence electrons. The minimum atomic E-state index is -1.20. The summed E-state index contributed by atoms with van der Waals surface area (Å²) < 4.78 is 5.58. The van der Waals surface area contributed by atoms with E-state index in [1.54, 1.807) is 13.8 Å². The van der Waals surface area contributed by atoms with E-state index < -0.39 is 5.60 Å². The molecule has 0 aromatic heterocycles. The molecular weight excluding hydrogens is 192 g/mol. The molecule has 15 heavy (non-hydrogen) atoms. The van der Waals surface area contributed by atoms with Crippen LogP contribution in [-0.2, 0) is 9.53 Å². The Kier molecular flexibility index (Phi) is 6.06. The van der Waals surface area contributed by atoms with Crippen LogP contribution in [0.1, 0.15) is 53.9 Å². The normalized spacial score (nSPS) is 19.3. The minimum Gasteiger partial charge on any atom is -0.382 e. The molecular formula is C12H24O3. The number of hydrogen-bond donors (Lipinski definition) is 1. The van der Waals surface area contributed by atoms with Crippen LogP contribution >= 0.6 is 0 Å². The van der Waals surface area contributed by atoms with E-state index in [1.165, 1.54) is 0 Å². The lowest BCUT2D eigenvalue weighted by molar-refractivity contribution is -0.139. The molecule has 0 aliphatic heterocycles. The molecule has 1 N–H and O–H groups in total. The molecule has 0 aromatic rings. The van der Waals surface area contributed by atoms with Crippen LogP contribution in [0, 0.1) is 0 Å². The summed E-state index contributed by atoms with van der Waals surface area (Å²) in [5, 5.41) is 9.73. The second-order valence-electron chi connectivity index (χ2n) is 4.42. The fourth-order valence-corrected chi connectivity index (χ4v) is 1.22. The van der Waals surface area contributed by atoms with Gasteiger partial charge >= 0.3 is 0 Å². The van der Waals surface area contributed by atoms with Gasteiger partial charge < -0.3 is 9.84 Å². The Bertz CT molecular complexity index is 199. The fraction of sp³-hybridized carbons (Fsp3) is 0.917. The van der Waals surface area contributed by atoms with E-state index in [-0.39, 0.29) is 24.4 Å². The molecule has 0 radical (unpaired) electrons. The van der Waals surface area contributed by atoms with Crippen molar-refractivity contribution in [1.82, 2.24) is 0 Å². The van der Waals surface area contributed by atoms with Gasteiger partial charge in [-0.2, -0.15) is 0 Å². The van der Waals surface area contributed by atoms with E-state index in [9.17, 15) is 9.90 Å². The van der Waals surface area contributed by atoms with Gasteiger partial charge in [-0.1, -0.05) is 13.8 Å². The zero-order chi connectivity index (χ0) is 12.1. The van der Waals surface area contributed by atoms with Gasteiger partial charge in [-0.05, 0) is 33.6 Å². The molecule has 0 amide bonds. The Balaban J connectivity index is 4.07. The van der Waals surface area contributed by atoms with Gasteiger partial charge in [-0.15, -0.1) is 0 Å². The van der Waals surface area contributed by atoms with Crippen molar-refractivity contribution in [1.29, 1.82) is 0 Å². The first kappa shape index (κ1) is 14.6. The van der Waals surface area contributed by atoms with Crippen LogP contribution in [0.4, 0.5) is 0 Å². The predicted molar refractivity (Wildman–Crippen MR) is 60.8 cm³/mol. The number of aliphatic hydroxyl groups is 1. The van der Waals surface area contributed by atoms with Crippen molar-refractivity contribution < 1.29 is 14.6 Å². The van der Waals surface area contributed by atoms with E-state index in [0.717, 1.165) is 6.42 Å². The molecule has 0 saturated carbocycles. The number of Topliss-reactive ketones (excluding diaryl/α,β-unsaturated/α-hetero) is 1. The average Bonchev–Trinajstić information content (AvgIpc) is 2.17. The van der Waals surface area contributed by atoms with Gasteiger partial charge in [0.1, 0.15) is 5.60 Å². The highest BCUT2D eigenvalue weighted by Gasteiger charge is 2.29. The first-order valence-electron chi connectivity index (χ1n) is 5.74. The summed E-state index contributed by atoms with van der Waals surface area (Å²) in [6, 6.07) is 0. The van der Waals surface area contributed by atoms with Crippen LogP contribution in [-0.4, -0.2) is 28.7 Å². The molecule has 3 atom stereocenters. The third kappa shape index (κ3) is 5.28. The number of ether oxygens (including phenoxy) is 1. The third-order valence-electron chi connectivity index (χ3n) is 2.80. The van der Waals surface area contributed by atoms with Crippen LogP contribution in [0.25, 0.3) is 0 Å². The zero-order valence-corrected chi connectivity index (χ0v) is 10.5. The van der Waals surface area contributed by atoms with Crippen LogP contribution < -0.4 is 0 Å². The largest absolute Gasteiger partial charge is 0.382 e. The predicted octanol–water partition coefficient (Wildman–Crippen LogP) is 2.31. The van der Waals surface area contributed by atoms with Gasteiger partial charge in [0.2, 0.25) is 0 Å². The molecule has 2 unspecified atom stereocenters. The van der Waals surface area contributed by atoms with Gasteiger partial charge in [0.25, 0.3) is 0 Å². The van der Waals surface area contributed by atoms with E-state index in [4.69, 9.17) is 4.74 Å². The summed E-state index contributed by atoms with van der Waals surface area (Å²) in [7, 11) is 0. The van der Waals surface area contributed by atoms with Gasteiger partial charge in [0, 0.05) is 6.42 Å². The molecule has 3 nitrogen and oxygen atoms in total. The number of carbonyl (C=O) groups is 1. The second kappa shape index (κ2) is 6.23. The first-order chi connectivity index (χ1) is 6.83. The Morgan fingerprint density at radius 2 is 1.87 bits per heavy atom. The maximum Gasteiger partial charge on any atom is 0.166 e. The summed E-state index contributed by atoms with van der Waals surface area (Å²) in [6.45, 7) is 9.26. The van der Waals surface area contributed by atoms with Crippen molar-refractivity contribution in [2.75, 3.05) is 0 Å². The van der Waals surface area contributed by atoms with Crippen molar-refractivity contribution >= 4 is 5.78 Å². The Morgan fingerprint density at radius 1 is 1.33 bits per heavy atom. The highest BCUT2D eigenvalue weighted by atomic mass is 16.5. The smallest absolute Gasteiger partial charge is 0.166 e. The van der Waals surface area contributed by atoms with Crippen LogP contribution in [0.15, 0.2) is 0 Å². The maximum absolute atomic E-state index is 11.6. The molecule has 0 saturated heterocycles. The molecule has 0 heterocycles. The third-order valence-corrected chi connectivity index (χ3v) is 2.80. The number of ketones is 1. The summed E-state index contributed by atoms with van der Waals surface area (Å²) in [4.78, 5) is 11.6. The van der Waals surface area contributed by atoms with Crippen molar-refractivity contribution in [3.8, 4) is 0 Å². The summed E-state index contributed by atoms with van der Waals surface area (Å²) in [5.41, 5.74) is -1.20. The lowest BCUT2D eigenvalue weighted by atomic mass is 9.94. The fourth-order valence-electron chi connectivity index (χ4n) is 1.22. The molecule has 0 spiro atoms. The molecule has 0 bridgehead atoms. The molecule has 0 aromatic carbocycles. The van der Waals surface area contributed by atoms with Gasteiger partial charge in [0.15, 0.2) is 5.78 Å². The summed E-state index contributed by atoms with van der Waals surface area (Å²) in [6.07, 6.45) is 1.71. The first-order valence-corrected chi connectivity index (χ1v) is 5.74. The molecule has 0 rings (SSSR count). The second-order valence-corrected chi connectivity index (χ2v) is 4.42. The number of carbonyl (C=O) groups excluding carboxylic acids is 1. The van der Waals surface area contributed by atoms with Crippen LogP contribution in [0.3, 0.4) is 0 Å². The molecule has 3 heteroatoms. The standard InChI is InChI=1S/C12H24O3/c1-6-9(3)15-10(4)8-11(13)12(5,14)7-2/h9-10,14H,6-8H2,1-5H3/t9?,10-,12?/m1/s1. The minimum absolute atomic E-state index is 0.120. The number of hydrogen-bond acceptors (Lipinski definition) is 3. The topological polar surface area (TPSA) is 46.5 Å². The van der Waals surface area contributed by atoms with Crippen LogP contribution in [0.5, 0.6) is 0 Å². The van der Waals surface area contributed by atoms with E-state index >= 15 is 0 Å². The SMILES string of the molecule is CCC(C)O[C@H](C)CC(=O)C(C)(O)CC. The molecule has 0 fully saturated rings. The van der Waals surface area contributed by atoms with E-state index in [1.807, 2.05) is 20.8 Å². The average molecular weight is 216 g/mol. The van der Waals surface area contributed by atoms with Crippen molar-refractivity contribution in [3.63, 3.8) is 0 Å². The van der Waals surface area contributed by atoms with Crippen LogP contribution in [0.2, 0.25) is 0 Å². The molecule has 0 aliphatic rings. The lowest BCUT2D eigenvalue weighted by Gasteiger charge is -2.23. The van der Waals surface area contributed by atoms with E-state index in [0.29, 0.717) is 6.42 Å². The maximum atomic E-state index is 11.6. The Labute approximate surface area is 92.8 Å². The Hall–Kier alpha value is -0.410. The van der Waals surface area contributed by atoms with Gasteiger partial charge in [0.05, 0.1) is 12.2 Å². The zero-order valence-electron chi connectivity index (χ0n) is 10.5. The highest BCUT2D eigenvalue weighted by molar-refractivity contribution is 5.86. The molecule has 0 aliphatic carbocycles.